The number of rotatable bonds is 2. The van der Waals surface area contributed by atoms with Gasteiger partial charge in [0.1, 0.15) is 5.82 Å². The van der Waals surface area contributed by atoms with E-state index in [2.05, 4.69) is 10.3 Å². The van der Waals surface area contributed by atoms with Crippen molar-refractivity contribution >= 4 is 5.96 Å². The maximum atomic E-state index is 13.0. The molecule has 0 aliphatic rings. The Hall–Kier alpha value is -1.58. The fourth-order valence-electron chi connectivity index (χ4n) is 1.44. The lowest BCUT2D eigenvalue weighted by Crippen LogP contribution is -2.35. The number of guanidine groups is 1. The smallest absolute Gasteiger partial charge is 0.193 e. The summed E-state index contributed by atoms with van der Waals surface area (Å²) in [4.78, 5) is 6.00. The van der Waals surface area contributed by atoms with Gasteiger partial charge in [-0.1, -0.05) is 12.1 Å². The van der Waals surface area contributed by atoms with E-state index in [9.17, 15) is 4.39 Å². The molecular formula is C12H18FN3. The molecule has 0 heterocycles. The van der Waals surface area contributed by atoms with E-state index in [4.69, 9.17) is 0 Å². The van der Waals surface area contributed by atoms with Crippen molar-refractivity contribution in [3.63, 3.8) is 0 Å². The molecule has 1 aromatic rings. The van der Waals surface area contributed by atoms with Crippen LogP contribution in [0.2, 0.25) is 0 Å². The van der Waals surface area contributed by atoms with E-state index in [1.54, 1.807) is 20.0 Å². The first-order chi connectivity index (χ1) is 7.54. The highest BCUT2D eigenvalue weighted by atomic mass is 19.1. The molecule has 3 nitrogen and oxygen atoms in total. The summed E-state index contributed by atoms with van der Waals surface area (Å²) in [6.07, 6.45) is 0. The van der Waals surface area contributed by atoms with Gasteiger partial charge in [0.15, 0.2) is 5.96 Å². The number of nitrogens with one attached hydrogen (secondary N) is 1. The second-order valence-corrected chi connectivity index (χ2v) is 3.88. The molecule has 1 rings (SSSR count). The highest BCUT2D eigenvalue weighted by molar-refractivity contribution is 5.79. The van der Waals surface area contributed by atoms with Gasteiger partial charge in [-0.25, -0.2) is 4.39 Å². The number of nitrogens with zero attached hydrogens (tertiary/aromatic N) is 2. The molecule has 0 unspecified atom stereocenters. The summed E-state index contributed by atoms with van der Waals surface area (Å²) in [5.74, 6) is 0.641. The lowest BCUT2D eigenvalue weighted by Gasteiger charge is -2.17. The van der Waals surface area contributed by atoms with Crippen molar-refractivity contribution in [2.75, 3.05) is 21.1 Å². The van der Waals surface area contributed by atoms with Crippen molar-refractivity contribution in [2.45, 2.75) is 13.5 Å². The normalized spacial score (nSPS) is 11.4. The van der Waals surface area contributed by atoms with Gasteiger partial charge in [0, 0.05) is 27.7 Å². The SMILES string of the molecule is CN=C(NCc1ccc(F)c(C)c1)N(C)C. The number of hydrogen-bond donors (Lipinski definition) is 1. The van der Waals surface area contributed by atoms with Gasteiger partial charge in [-0.05, 0) is 24.1 Å². The highest BCUT2D eigenvalue weighted by Crippen LogP contribution is 2.08. The fraction of sp³-hybridized carbons (Fsp3) is 0.417. The third-order valence-electron chi connectivity index (χ3n) is 2.31. The molecule has 0 spiro atoms. The summed E-state index contributed by atoms with van der Waals surface area (Å²) >= 11 is 0. The average Bonchev–Trinajstić information content (AvgIpc) is 2.23. The Morgan fingerprint density at radius 1 is 1.44 bits per heavy atom. The fourth-order valence-corrected chi connectivity index (χ4v) is 1.44. The van der Waals surface area contributed by atoms with Gasteiger partial charge < -0.3 is 10.2 Å². The predicted molar refractivity (Wildman–Crippen MR) is 65.0 cm³/mol. The van der Waals surface area contributed by atoms with E-state index in [1.807, 2.05) is 25.1 Å². The van der Waals surface area contributed by atoms with Crippen molar-refractivity contribution in [1.29, 1.82) is 0 Å². The van der Waals surface area contributed by atoms with Crippen LogP contribution in [0.25, 0.3) is 0 Å². The van der Waals surface area contributed by atoms with E-state index < -0.39 is 0 Å². The molecule has 0 aromatic heterocycles. The molecule has 1 aromatic carbocycles. The zero-order chi connectivity index (χ0) is 12.1. The topological polar surface area (TPSA) is 27.6 Å². The van der Waals surface area contributed by atoms with Crippen molar-refractivity contribution < 1.29 is 4.39 Å². The van der Waals surface area contributed by atoms with E-state index >= 15 is 0 Å². The zero-order valence-corrected chi connectivity index (χ0v) is 10.2. The van der Waals surface area contributed by atoms with Crippen LogP contribution in [0.15, 0.2) is 23.2 Å². The number of halogens is 1. The van der Waals surface area contributed by atoms with Gasteiger partial charge >= 0.3 is 0 Å². The molecule has 0 amide bonds. The van der Waals surface area contributed by atoms with Gasteiger partial charge in [0.25, 0.3) is 0 Å². The molecule has 0 fully saturated rings. The van der Waals surface area contributed by atoms with E-state index in [0.29, 0.717) is 12.1 Å². The maximum absolute atomic E-state index is 13.0. The summed E-state index contributed by atoms with van der Waals surface area (Å²) in [7, 11) is 5.58. The summed E-state index contributed by atoms with van der Waals surface area (Å²) in [5.41, 5.74) is 1.71. The van der Waals surface area contributed by atoms with Crippen LogP contribution in [0.5, 0.6) is 0 Å². The minimum absolute atomic E-state index is 0.166. The van der Waals surface area contributed by atoms with Crippen molar-refractivity contribution in [3.05, 3.63) is 35.1 Å². The number of aliphatic imine (C=N–C) groups is 1. The van der Waals surface area contributed by atoms with Crippen LogP contribution < -0.4 is 5.32 Å². The summed E-state index contributed by atoms with van der Waals surface area (Å²) in [6, 6.07) is 5.11. The van der Waals surface area contributed by atoms with Crippen LogP contribution in [0.3, 0.4) is 0 Å². The van der Waals surface area contributed by atoms with Gasteiger partial charge in [-0.3, -0.25) is 4.99 Å². The Balaban J connectivity index is 2.64. The van der Waals surface area contributed by atoms with Crippen molar-refractivity contribution in [2.24, 2.45) is 4.99 Å². The molecule has 0 aliphatic heterocycles. The quantitative estimate of drug-likeness (QED) is 0.611. The molecule has 88 valence electrons. The van der Waals surface area contributed by atoms with E-state index in [0.717, 1.165) is 11.5 Å². The van der Waals surface area contributed by atoms with Gasteiger partial charge in [0.05, 0.1) is 0 Å². The Bertz CT molecular complexity index is 386. The minimum atomic E-state index is -0.166. The Kier molecular flexibility index (Phi) is 4.28. The Morgan fingerprint density at radius 2 is 2.12 bits per heavy atom. The van der Waals surface area contributed by atoms with Gasteiger partial charge in [-0.2, -0.15) is 0 Å². The van der Waals surface area contributed by atoms with E-state index in [1.165, 1.54) is 6.07 Å². The van der Waals surface area contributed by atoms with Gasteiger partial charge in [0.2, 0.25) is 0 Å². The molecule has 0 saturated carbocycles. The minimum Gasteiger partial charge on any atom is -0.352 e. The van der Waals surface area contributed by atoms with Crippen LogP contribution in [-0.4, -0.2) is 32.0 Å². The molecular weight excluding hydrogens is 205 g/mol. The summed E-state index contributed by atoms with van der Waals surface area (Å²) < 4.78 is 13.0. The van der Waals surface area contributed by atoms with E-state index in [-0.39, 0.29) is 5.82 Å². The predicted octanol–water partition coefficient (Wildman–Crippen LogP) is 1.77. The van der Waals surface area contributed by atoms with Crippen LogP contribution in [-0.2, 0) is 6.54 Å². The first kappa shape index (κ1) is 12.5. The third kappa shape index (κ3) is 3.22. The number of hydrogen-bond acceptors (Lipinski definition) is 1. The summed E-state index contributed by atoms with van der Waals surface area (Å²) in [5, 5.41) is 3.19. The van der Waals surface area contributed by atoms with Crippen LogP contribution in [0.1, 0.15) is 11.1 Å². The Labute approximate surface area is 96.0 Å². The molecule has 0 radical (unpaired) electrons. The lowest BCUT2D eigenvalue weighted by molar-refractivity contribution is 0.582. The van der Waals surface area contributed by atoms with Crippen molar-refractivity contribution in [3.8, 4) is 0 Å². The zero-order valence-electron chi connectivity index (χ0n) is 10.2. The number of aryl methyl sites for hydroxylation is 1. The maximum Gasteiger partial charge on any atom is 0.193 e. The average molecular weight is 223 g/mol. The first-order valence-corrected chi connectivity index (χ1v) is 5.17. The second-order valence-electron chi connectivity index (χ2n) is 3.88. The molecule has 16 heavy (non-hydrogen) atoms. The lowest BCUT2D eigenvalue weighted by atomic mass is 10.1. The monoisotopic (exact) mass is 223 g/mol. The van der Waals surface area contributed by atoms with Gasteiger partial charge in [-0.15, -0.1) is 0 Å². The highest BCUT2D eigenvalue weighted by Gasteiger charge is 2.02. The first-order valence-electron chi connectivity index (χ1n) is 5.17. The number of benzene rings is 1. The second kappa shape index (κ2) is 5.49. The molecule has 1 N–H and O–H groups in total. The standard InChI is InChI=1S/C12H18FN3/c1-9-7-10(5-6-11(9)13)8-15-12(14-2)16(3)4/h5-7H,8H2,1-4H3,(H,14,15). The molecule has 0 atom stereocenters. The molecule has 0 bridgehead atoms. The molecule has 0 saturated heterocycles. The summed E-state index contributed by atoms with van der Waals surface area (Å²) in [6.45, 7) is 2.41. The molecule has 0 aliphatic carbocycles. The molecule has 4 heteroatoms. The van der Waals surface area contributed by atoms with Crippen LogP contribution in [0.4, 0.5) is 4.39 Å². The largest absolute Gasteiger partial charge is 0.352 e. The van der Waals surface area contributed by atoms with Crippen LogP contribution >= 0.6 is 0 Å². The Morgan fingerprint density at radius 3 is 2.62 bits per heavy atom. The van der Waals surface area contributed by atoms with Crippen LogP contribution in [0, 0.1) is 12.7 Å². The third-order valence-corrected chi connectivity index (χ3v) is 2.31. The van der Waals surface area contributed by atoms with Crippen molar-refractivity contribution in [1.82, 2.24) is 10.2 Å².